The minimum Gasteiger partial charge on any atom is -0.310 e. The van der Waals surface area contributed by atoms with Crippen molar-refractivity contribution < 1.29 is 9.72 Å². The lowest BCUT2D eigenvalue weighted by Gasteiger charge is -2.08. The molecule has 1 amide bonds. The molecule has 2 heterocycles. The fourth-order valence-electron chi connectivity index (χ4n) is 2.25. The van der Waals surface area contributed by atoms with Gasteiger partial charge in [-0.3, -0.25) is 25.0 Å². The molecular weight excluding hydrogens is 344 g/mol. The number of hydrogen-bond acceptors (Lipinski definition) is 6. The van der Waals surface area contributed by atoms with Crippen LogP contribution in [0.2, 0.25) is 0 Å². The van der Waals surface area contributed by atoms with Gasteiger partial charge in [0.15, 0.2) is 5.13 Å². The lowest BCUT2D eigenvalue weighted by Crippen LogP contribution is -2.29. The number of amides is 1. The first kappa shape index (κ1) is 16.5. The molecule has 0 unspecified atom stereocenters. The van der Waals surface area contributed by atoms with E-state index in [1.54, 1.807) is 29.8 Å². The van der Waals surface area contributed by atoms with Gasteiger partial charge in [0, 0.05) is 29.9 Å². The second kappa shape index (κ2) is 7.05. The fourth-order valence-corrected chi connectivity index (χ4v) is 2.77. The van der Waals surface area contributed by atoms with Gasteiger partial charge in [-0.05, 0) is 17.7 Å². The summed E-state index contributed by atoms with van der Waals surface area (Å²) in [6.45, 7) is 0.124. The van der Waals surface area contributed by atoms with Crippen molar-refractivity contribution in [3.8, 4) is 0 Å². The summed E-state index contributed by atoms with van der Waals surface area (Å²) in [6.07, 6.45) is 3.08. The van der Waals surface area contributed by atoms with E-state index in [-0.39, 0.29) is 17.8 Å². The number of carbonyl (C=O) groups is 1. The minimum atomic E-state index is -0.548. The Morgan fingerprint density at radius 2 is 2.16 bits per heavy atom. The number of rotatable bonds is 5. The molecule has 126 valence electrons. The molecule has 2 aromatic heterocycles. The average Bonchev–Trinajstić information content (AvgIpc) is 3.10. The monoisotopic (exact) mass is 356 g/mol. The van der Waals surface area contributed by atoms with Crippen LogP contribution in [0.1, 0.15) is 15.9 Å². The van der Waals surface area contributed by atoms with Crippen LogP contribution < -0.4 is 10.9 Å². The van der Waals surface area contributed by atoms with Crippen molar-refractivity contribution in [1.82, 2.24) is 9.55 Å². The van der Waals surface area contributed by atoms with Crippen LogP contribution in [-0.2, 0) is 6.54 Å². The zero-order valence-electron chi connectivity index (χ0n) is 12.8. The maximum atomic E-state index is 12.5. The van der Waals surface area contributed by atoms with Crippen LogP contribution in [0.25, 0.3) is 0 Å². The molecule has 25 heavy (non-hydrogen) atoms. The molecule has 0 saturated carbocycles. The molecule has 3 rings (SSSR count). The van der Waals surface area contributed by atoms with E-state index < -0.39 is 16.4 Å². The predicted octanol–water partition coefficient (Wildman–Crippen LogP) is 2.51. The molecular formula is C16H12N4O4S. The number of carbonyl (C=O) groups excluding carboxylic acids is 1. The largest absolute Gasteiger partial charge is 0.310 e. The highest BCUT2D eigenvalue weighted by Gasteiger charge is 2.14. The molecule has 0 radical (unpaired) electrons. The number of nitrogens with zero attached hydrogens (tertiary/aromatic N) is 3. The van der Waals surface area contributed by atoms with Gasteiger partial charge in [-0.1, -0.05) is 12.1 Å². The maximum Gasteiger partial charge on any atom is 0.269 e. The summed E-state index contributed by atoms with van der Waals surface area (Å²) in [6, 6.07) is 9.02. The topological polar surface area (TPSA) is 107 Å². The van der Waals surface area contributed by atoms with E-state index in [2.05, 4.69) is 10.3 Å². The molecule has 1 aromatic carbocycles. The van der Waals surface area contributed by atoms with Crippen molar-refractivity contribution in [3.05, 3.63) is 85.8 Å². The molecule has 0 aliphatic heterocycles. The van der Waals surface area contributed by atoms with E-state index in [0.29, 0.717) is 10.7 Å². The van der Waals surface area contributed by atoms with Crippen LogP contribution in [-0.4, -0.2) is 20.4 Å². The third-order valence-corrected chi connectivity index (χ3v) is 4.08. The molecule has 8 nitrogen and oxygen atoms in total. The van der Waals surface area contributed by atoms with E-state index in [9.17, 15) is 19.7 Å². The van der Waals surface area contributed by atoms with Crippen LogP contribution >= 0.6 is 11.3 Å². The molecule has 0 spiro atoms. The first-order valence-corrected chi connectivity index (χ1v) is 8.06. The van der Waals surface area contributed by atoms with Crippen molar-refractivity contribution in [2.45, 2.75) is 6.54 Å². The lowest BCUT2D eigenvalue weighted by atomic mass is 10.2. The minimum absolute atomic E-state index is 0.0249. The van der Waals surface area contributed by atoms with Crippen molar-refractivity contribution in [2.75, 3.05) is 5.32 Å². The van der Waals surface area contributed by atoms with E-state index in [0.717, 1.165) is 0 Å². The highest BCUT2D eigenvalue weighted by atomic mass is 32.1. The van der Waals surface area contributed by atoms with Crippen LogP contribution in [0.4, 0.5) is 10.8 Å². The van der Waals surface area contributed by atoms with Gasteiger partial charge in [0.1, 0.15) is 5.56 Å². The second-order valence-corrected chi connectivity index (χ2v) is 5.97. The van der Waals surface area contributed by atoms with Gasteiger partial charge in [-0.15, -0.1) is 11.3 Å². The number of nitro benzene ring substituents is 1. The molecule has 0 atom stereocenters. The standard InChI is InChI=1S/C16H12N4O4S/c21-14(18-16-17-6-8-25-16)13-5-2-7-19(15(13)22)10-11-3-1-4-12(9-11)20(23)24/h1-9H,10H2,(H,17,18,21). The number of anilines is 1. The summed E-state index contributed by atoms with van der Waals surface area (Å²) in [5.41, 5.74) is 0.0307. The summed E-state index contributed by atoms with van der Waals surface area (Å²) in [4.78, 5) is 39.0. The zero-order valence-corrected chi connectivity index (χ0v) is 13.6. The van der Waals surface area contributed by atoms with Gasteiger partial charge >= 0.3 is 0 Å². The zero-order chi connectivity index (χ0) is 17.8. The van der Waals surface area contributed by atoms with Crippen LogP contribution in [0, 0.1) is 10.1 Å². The van der Waals surface area contributed by atoms with Crippen molar-refractivity contribution in [2.24, 2.45) is 0 Å². The van der Waals surface area contributed by atoms with Crippen LogP contribution in [0.15, 0.2) is 59.0 Å². The Hall–Kier alpha value is -3.33. The third kappa shape index (κ3) is 3.78. The molecule has 0 saturated heterocycles. The van der Waals surface area contributed by atoms with E-state index in [1.807, 2.05) is 0 Å². The predicted molar refractivity (Wildman–Crippen MR) is 93.0 cm³/mol. The van der Waals surface area contributed by atoms with Gasteiger partial charge in [-0.25, -0.2) is 4.98 Å². The van der Waals surface area contributed by atoms with Gasteiger partial charge in [0.25, 0.3) is 17.2 Å². The summed E-state index contributed by atoms with van der Waals surface area (Å²) in [5, 5.41) is 15.5. The smallest absolute Gasteiger partial charge is 0.269 e. The van der Waals surface area contributed by atoms with E-state index >= 15 is 0 Å². The molecule has 3 aromatic rings. The van der Waals surface area contributed by atoms with E-state index in [1.165, 1.54) is 40.3 Å². The van der Waals surface area contributed by atoms with Gasteiger partial charge < -0.3 is 4.57 Å². The Morgan fingerprint density at radius 3 is 2.88 bits per heavy atom. The number of pyridine rings is 1. The van der Waals surface area contributed by atoms with E-state index in [4.69, 9.17) is 0 Å². The SMILES string of the molecule is O=C(Nc1nccs1)c1cccn(Cc2cccc([N+](=O)[O-])c2)c1=O. The number of benzene rings is 1. The number of nitro groups is 1. The summed E-state index contributed by atoms with van der Waals surface area (Å²) >= 11 is 1.25. The highest BCUT2D eigenvalue weighted by Crippen LogP contribution is 2.14. The fraction of sp³-hybridized carbons (Fsp3) is 0.0625. The van der Waals surface area contributed by atoms with Crippen LogP contribution in [0.3, 0.4) is 0 Å². The van der Waals surface area contributed by atoms with Crippen LogP contribution in [0.5, 0.6) is 0 Å². The first-order valence-electron chi connectivity index (χ1n) is 7.18. The van der Waals surface area contributed by atoms with Gasteiger partial charge in [0.05, 0.1) is 11.5 Å². The highest BCUT2D eigenvalue weighted by molar-refractivity contribution is 7.13. The third-order valence-electron chi connectivity index (χ3n) is 3.39. The summed E-state index contributed by atoms with van der Waals surface area (Å²) < 4.78 is 1.33. The molecule has 0 aliphatic carbocycles. The van der Waals surface area contributed by atoms with Crippen molar-refractivity contribution in [3.63, 3.8) is 0 Å². The number of hydrogen-bond donors (Lipinski definition) is 1. The Morgan fingerprint density at radius 1 is 1.32 bits per heavy atom. The van der Waals surface area contributed by atoms with Gasteiger partial charge in [0.2, 0.25) is 0 Å². The molecule has 0 fully saturated rings. The number of aromatic nitrogens is 2. The Kier molecular flexibility index (Phi) is 4.66. The van der Waals surface area contributed by atoms with Crippen molar-refractivity contribution in [1.29, 1.82) is 0 Å². The number of thiazole rings is 1. The first-order chi connectivity index (χ1) is 12.0. The normalized spacial score (nSPS) is 10.4. The number of nitrogens with one attached hydrogen (secondary N) is 1. The summed E-state index contributed by atoms with van der Waals surface area (Å²) in [7, 11) is 0. The second-order valence-electron chi connectivity index (χ2n) is 5.07. The maximum absolute atomic E-state index is 12.5. The molecule has 0 bridgehead atoms. The molecule has 9 heteroatoms. The van der Waals surface area contributed by atoms with Gasteiger partial charge in [-0.2, -0.15) is 0 Å². The number of non-ortho nitro benzene ring substituents is 1. The Bertz CT molecular complexity index is 982. The molecule has 1 N–H and O–H groups in total. The lowest BCUT2D eigenvalue weighted by molar-refractivity contribution is -0.384. The molecule has 0 aliphatic rings. The Balaban J connectivity index is 1.86. The summed E-state index contributed by atoms with van der Waals surface area (Å²) in [5.74, 6) is -0.548. The quantitative estimate of drug-likeness (QED) is 0.558. The Labute approximate surface area is 145 Å². The average molecular weight is 356 g/mol. The van der Waals surface area contributed by atoms with Crippen molar-refractivity contribution >= 4 is 28.1 Å².